The van der Waals surface area contributed by atoms with Gasteiger partial charge in [0, 0.05) is 25.8 Å². The third-order valence-corrected chi connectivity index (χ3v) is 2.36. The Bertz CT molecular complexity index is 341. The van der Waals surface area contributed by atoms with Gasteiger partial charge >= 0.3 is 0 Å². The fraction of sp³-hybridized carbons (Fsp3) is 0.636. The summed E-state index contributed by atoms with van der Waals surface area (Å²) in [7, 11) is 1.71. The zero-order valence-corrected chi connectivity index (χ0v) is 10.2. The van der Waals surface area contributed by atoms with Gasteiger partial charge in [-0.1, -0.05) is 0 Å². The van der Waals surface area contributed by atoms with E-state index in [1.165, 1.54) is 0 Å². The second-order valence-corrected chi connectivity index (χ2v) is 3.76. The molecule has 5 heteroatoms. The highest BCUT2D eigenvalue weighted by molar-refractivity contribution is 5.54. The number of aryl methyl sites for hydroxylation is 1. The molecule has 16 heavy (non-hydrogen) atoms. The number of methoxy groups -OCH3 is 1. The van der Waals surface area contributed by atoms with E-state index in [0.717, 1.165) is 37.4 Å². The highest BCUT2D eigenvalue weighted by atomic mass is 16.5. The number of ether oxygens (including phenoxy) is 1. The summed E-state index contributed by atoms with van der Waals surface area (Å²) in [6.07, 6.45) is 2.10. The zero-order chi connectivity index (χ0) is 12.0. The van der Waals surface area contributed by atoms with Gasteiger partial charge in [0.25, 0.3) is 0 Å². The van der Waals surface area contributed by atoms with Crippen LogP contribution in [0.4, 0.5) is 11.6 Å². The average Bonchev–Trinajstić information content (AvgIpc) is 2.24. The number of unbranched alkanes of at least 4 members (excludes halogenated alkanes) is 1. The third kappa shape index (κ3) is 3.66. The van der Waals surface area contributed by atoms with Gasteiger partial charge in [0.05, 0.1) is 0 Å². The third-order valence-electron chi connectivity index (χ3n) is 2.36. The van der Waals surface area contributed by atoms with Crippen molar-refractivity contribution >= 4 is 11.6 Å². The minimum Gasteiger partial charge on any atom is -0.385 e. The molecule has 0 amide bonds. The molecule has 0 aliphatic heterocycles. The first-order valence-corrected chi connectivity index (χ1v) is 5.48. The Balaban J connectivity index is 2.47. The van der Waals surface area contributed by atoms with E-state index >= 15 is 0 Å². The van der Waals surface area contributed by atoms with E-state index in [0.29, 0.717) is 11.6 Å². The van der Waals surface area contributed by atoms with Crippen LogP contribution in [0.3, 0.4) is 0 Å². The molecule has 0 saturated carbocycles. The van der Waals surface area contributed by atoms with E-state index in [2.05, 4.69) is 15.3 Å². The van der Waals surface area contributed by atoms with Crippen molar-refractivity contribution in [2.75, 3.05) is 31.3 Å². The number of nitrogens with one attached hydrogen (secondary N) is 1. The average molecular weight is 224 g/mol. The van der Waals surface area contributed by atoms with Crippen LogP contribution in [0.2, 0.25) is 0 Å². The smallest absolute Gasteiger partial charge is 0.134 e. The Morgan fingerprint density at radius 2 is 2.00 bits per heavy atom. The lowest BCUT2D eigenvalue weighted by atomic mass is 10.3. The lowest BCUT2D eigenvalue weighted by molar-refractivity contribution is 0.194. The molecule has 0 aliphatic rings. The Morgan fingerprint density at radius 3 is 2.69 bits per heavy atom. The highest BCUT2D eigenvalue weighted by Crippen LogP contribution is 2.16. The molecule has 1 aromatic heterocycles. The predicted octanol–water partition coefficient (Wildman–Crippen LogP) is 1.51. The van der Waals surface area contributed by atoms with Crippen LogP contribution in [-0.2, 0) is 4.74 Å². The molecule has 5 nitrogen and oxygen atoms in total. The number of hydrogen-bond acceptors (Lipinski definition) is 5. The van der Waals surface area contributed by atoms with Crippen LogP contribution in [0.15, 0.2) is 0 Å². The molecule has 0 bridgehead atoms. The maximum absolute atomic E-state index is 5.76. The van der Waals surface area contributed by atoms with Gasteiger partial charge in [0.1, 0.15) is 17.5 Å². The molecule has 0 saturated heterocycles. The topological polar surface area (TPSA) is 73.1 Å². The molecule has 0 aliphatic carbocycles. The second kappa shape index (κ2) is 6.27. The van der Waals surface area contributed by atoms with E-state index in [9.17, 15) is 0 Å². The SMILES string of the molecule is COCCCCNc1nc(C)nc(N)c1C. The van der Waals surface area contributed by atoms with Crippen LogP contribution in [0, 0.1) is 13.8 Å². The number of rotatable bonds is 6. The highest BCUT2D eigenvalue weighted by Gasteiger charge is 2.05. The molecule has 1 rings (SSSR count). The number of nitrogens with zero attached hydrogens (tertiary/aromatic N) is 2. The first kappa shape index (κ1) is 12.7. The second-order valence-electron chi connectivity index (χ2n) is 3.76. The van der Waals surface area contributed by atoms with Crippen LogP contribution < -0.4 is 11.1 Å². The van der Waals surface area contributed by atoms with Crippen LogP contribution in [-0.4, -0.2) is 30.2 Å². The maximum Gasteiger partial charge on any atom is 0.134 e. The normalized spacial score (nSPS) is 10.4. The molecule has 1 heterocycles. The van der Waals surface area contributed by atoms with E-state index in [-0.39, 0.29) is 0 Å². The van der Waals surface area contributed by atoms with Crippen molar-refractivity contribution in [2.45, 2.75) is 26.7 Å². The predicted molar refractivity (Wildman–Crippen MR) is 65.5 cm³/mol. The van der Waals surface area contributed by atoms with Crippen molar-refractivity contribution in [1.29, 1.82) is 0 Å². The quantitative estimate of drug-likeness (QED) is 0.717. The fourth-order valence-electron chi connectivity index (χ4n) is 1.40. The first-order chi connectivity index (χ1) is 7.65. The summed E-state index contributed by atoms with van der Waals surface area (Å²) in [5.74, 6) is 2.08. The molecule has 0 spiro atoms. The van der Waals surface area contributed by atoms with Gasteiger partial charge in [-0.25, -0.2) is 9.97 Å². The molecule has 0 atom stereocenters. The first-order valence-electron chi connectivity index (χ1n) is 5.48. The summed E-state index contributed by atoms with van der Waals surface area (Å²) in [6, 6.07) is 0. The Hall–Kier alpha value is -1.36. The van der Waals surface area contributed by atoms with Crippen LogP contribution in [0.5, 0.6) is 0 Å². The summed E-state index contributed by atoms with van der Waals surface area (Å²) in [5.41, 5.74) is 6.68. The van der Waals surface area contributed by atoms with E-state index in [4.69, 9.17) is 10.5 Å². The van der Waals surface area contributed by atoms with Gasteiger partial charge in [0.2, 0.25) is 0 Å². The summed E-state index contributed by atoms with van der Waals surface area (Å²) in [4.78, 5) is 8.42. The van der Waals surface area contributed by atoms with Crippen molar-refractivity contribution in [2.24, 2.45) is 0 Å². The fourth-order valence-corrected chi connectivity index (χ4v) is 1.40. The largest absolute Gasteiger partial charge is 0.385 e. The molecular weight excluding hydrogens is 204 g/mol. The van der Waals surface area contributed by atoms with Crippen molar-refractivity contribution in [3.63, 3.8) is 0 Å². The summed E-state index contributed by atoms with van der Waals surface area (Å²) in [5, 5.41) is 3.27. The van der Waals surface area contributed by atoms with Gasteiger partial charge in [-0.3, -0.25) is 0 Å². The monoisotopic (exact) mass is 224 g/mol. The molecule has 0 fully saturated rings. The Kier molecular flexibility index (Phi) is 4.98. The molecular formula is C11H20N4O. The molecule has 3 N–H and O–H groups in total. The van der Waals surface area contributed by atoms with Gasteiger partial charge < -0.3 is 15.8 Å². The summed E-state index contributed by atoms with van der Waals surface area (Å²) >= 11 is 0. The maximum atomic E-state index is 5.76. The van der Waals surface area contributed by atoms with Crippen molar-refractivity contribution in [1.82, 2.24) is 9.97 Å². The van der Waals surface area contributed by atoms with Crippen LogP contribution >= 0.6 is 0 Å². The van der Waals surface area contributed by atoms with Crippen molar-refractivity contribution in [3.05, 3.63) is 11.4 Å². The van der Waals surface area contributed by atoms with Gasteiger partial charge in [-0.15, -0.1) is 0 Å². The van der Waals surface area contributed by atoms with Gasteiger partial charge in [-0.05, 0) is 26.7 Å². The standard InChI is InChI=1S/C11H20N4O/c1-8-10(12)14-9(2)15-11(8)13-6-4-5-7-16-3/h4-7H2,1-3H3,(H3,12,13,14,15). The number of nitrogens with two attached hydrogens (primary N) is 1. The lowest BCUT2D eigenvalue weighted by Crippen LogP contribution is -2.09. The van der Waals surface area contributed by atoms with E-state index in [1.807, 2.05) is 13.8 Å². The van der Waals surface area contributed by atoms with Crippen LogP contribution in [0.25, 0.3) is 0 Å². The molecule has 1 aromatic rings. The van der Waals surface area contributed by atoms with Crippen molar-refractivity contribution < 1.29 is 4.74 Å². The summed E-state index contributed by atoms with van der Waals surface area (Å²) < 4.78 is 4.98. The lowest BCUT2D eigenvalue weighted by Gasteiger charge is -2.10. The Labute approximate surface area is 96.4 Å². The minimum absolute atomic E-state index is 0.548. The number of nitrogen functional groups attached to an aromatic ring is 1. The van der Waals surface area contributed by atoms with Crippen LogP contribution in [0.1, 0.15) is 24.2 Å². The van der Waals surface area contributed by atoms with Crippen molar-refractivity contribution in [3.8, 4) is 0 Å². The zero-order valence-electron chi connectivity index (χ0n) is 10.2. The Morgan fingerprint density at radius 1 is 1.25 bits per heavy atom. The molecule has 0 radical (unpaired) electrons. The molecule has 0 unspecified atom stereocenters. The number of hydrogen-bond donors (Lipinski definition) is 2. The van der Waals surface area contributed by atoms with E-state index in [1.54, 1.807) is 7.11 Å². The van der Waals surface area contributed by atoms with Gasteiger partial charge in [-0.2, -0.15) is 0 Å². The molecule has 90 valence electrons. The summed E-state index contributed by atoms with van der Waals surface area (Å²) in [6.45, 7) is 5.43. The van der Waals surface area contributed by atoms with Gasteiger partial charge in [0.15, 0.2) is 0 Å². The number of aromatic nitrogens is 2. The van der Waals surface area contributed by atoms with E-state index < -0.39 is 0 Å². The minimum atomic E-state index is 0.548. The molecule has 0 aromatic carbocycles. The number of anilines is 2.